The standard InChI is InChI=1S/C13H24N2O2/c1-5-15(11-6-7-11)8-12(17)14-13(9(2)3)10(4)16/h9,11,13H,5-8H2,1-4H3,(H,14,17). The van der Waals surface area contributed by atoms with E-state index in [4.69, 9.17) is 0 Å². The summed E-state index contributed by atoms with van der Waals surface area (Å²) in [5.74, 6) is 0.142. The number of nitrogens with zero attached hydrogens (tertiary/aromatic N) is 1. The summed E-state index contributed by atoms with van der Waals surface area (Å²) in [4.78, 5) is 25.4. The molecule has 98 valence electrons. The molecule has 0 spiro atoms. The molecule has 1 rings (SSSR count). The summed E-state index contributed by atoms with van der Waals surface area (Å²) < 4.78 is 0. The minimum atomic E-state index is -0.347. The topological polar surface area (TPSA) is 49.4 Å². The molecule has 0 bridgehead atoms. The van der Waals surface area contributed by atoms with Gasteiger partial charge in [0, 0.05) is 6.04 Å². The molecular weight excluding hydrogens is 216 g/mol. The predicted octanol–water partition coefficient (Wildman–Crippen LogP) is 1.20. The van der Waals surface area contributed by atoms with Crippen LogP contribution in [0.3, 0.4) is 0 Å². The Morgan fingerprint density at radius 2 is 1.94 bits per heavy atom. The molecule has 0 aliphatic heterocycles. The second kappa shape index (κ2) is 6.15. The van der Waals surface area contributed by atoms with Gasteiger partial charge in [-0.15, -0.1) is 0 Å². The molecule has 0 aromatic rings. The predicted molar refractivity (Wildman–Crippen MR) is 67.7 cm³/mol. The number of amides is 1. The maximum Gasteiger partial charge on any atom is 0.234 e. The van der Waals surface area contributed by atoms with Gasteiger partial charge in [-0.25, -0.2) is 0 Å². The van der Waals surface area contributed by atoms with Crippen LogP contribution < -0.4 is 5.32 Å². The van der Waals surface area contributed by atoms with Gasteiger partial charge in [-0.2, -0.15) is 0 Å². The number of Topliss-reactive ketones (excluding diaryl/α,β-unsaturated/α-hetero) is 1. The Morgan fingerprint density at radius 1 is 1.35 bits per heavy atom. The van der Waals surface area contributed by atoms with Crippen molar-refractivity contribution in [2.45, 2.75) is 52.6 Å². The zero-order valence-corrected chi connectivity index (χ0v) is 11.3. The Morgan fingerprint density at radius 3 is 2.29 bits per heavy atom. The highest BCUT2D eigenvalue weighted by molar-refractivity contribution is 5.88. The van der Waals surface area contributed by atoms with Crippen molar-refractivity contribution < 1.29 is 9.59 Å². The summed E-state index contributed by atoms with van der Waals surface area (Å²) in [7, 11) is 0. The van der Waals surface area contributed by atoms with Crippen LogP contribution in [0.15, 0.2) is 0 Å². The highest BCUT2D eigenvalue weighted by Gasteiger charge is 2.30. The average molecular weight is 240 g/mol. The van der Waals surface area contributed by atoms with E-state index in [-0.39, 0.29) is 23.7 Å². The lowest BCUT2D eigenvalue weighted by molar-refractivity contribution is -0.128. The summed E-state index contributed by atoms with van der Waals surface area (Å²) in [6.45, 7) is 8.80. The SMILES string of the molecule is CCN(CC(=O)NC(C(C)=O)C(C)C)C1CC1. The molecule has 1 N–H and O–H groups in total. The van der Waals surface area contributed by atoms with Crippen molar-refractivity contribution in [3.63, 3.8) is 0 Å². The van der Waals surface area contributed by atoms with Gasteiger partial charge in [0.2, 0.25) is 5.91 Å². The van der Waals surface area contributed by atoms with Crippen molar-refractivity contribution in [3.05, 3.63) is 0 Å². The molecule has 1 fully saturated rings. The summed E-state index contributed by atoms with van der Waals surface area (Å²) in [5, 5.41) is 2.83. The Balaban J connectivity index is 2.43. The fourth-order valence-corrected chi connectivity index (χ4v) is 2.08. The van der Waals surface area contributed by atoms with Gasteiger partial charge in [0.25, 0.3) is 0 Å². The fourth-order valence-electron chi connectivity index (χ4n) is 2.08. The molecule has 1 amide bonds. The lowest BCUT2D eigenvalue weighted by Crippen LogP contribution is -2.47. The van der Waals surface area contributed by atoms with Gasteiger partial charge in [0.05, 0.1) is 12.6 Å². The zero-order valence-electron chi connectivity index (χ0n) is 11.3. The molecule has 0 aromatic heterocycles. The number of rotatable bonds is 7. The zero-order chi connectivity index (χ0) is 13.0. The van der Waals surface area contributed by atoms with E-state index < -0.39 is 0 Å². The Kier molecular flexibility index (Phi) is 5.12. The van der Waals surface area contributed by atoms with E-state index in [1.807, 2.05) is 13.8 Å². The first-order valence-corrected chi connectivity index (χ1v) is 6.49. The van der Waals surface area contributed by atoms with Crippen LogP contribution >= 0.6 is 0 Å². The Hall–Kier alpha value is -0.900. The molecular formula is C13H24N2O2. The van der Waals surface area contributed by atoms with Crippen molar-refractivity contribution in [3.8, 4) is 0 Å². The lowest BCUT2D eigenvalue weighted by Gasteiger charge is -2.23. The molecule has 0 aromatic carbocycles. The van der Waals surface area contributed by atoms with Crippen LogP contribution in [0.1, 0.15) is 40.5 Å². The molecule has 1 atom stereocenters. The van der Waals surface area contributed by atoms with E-state index in [2.05, 4.69) is 17.1 Å². The molecule has 1 aliphatic carbocycles. The second-order valence-electron chi connectivity index (χ2n) is 5.19. The monoisotopic (exact) mass is 240 g/mol. The molecule has 4 heteroatoms. The molecule has 1 aliphatic rings. The van der Waals surface area contributed by atoms with Crippen molar-refractivity contribution in [2.24, 2.45) is 5.92 Å². The van der Waals surface area contributed by atoms with Crippen LogP contribution in [0.4, 0.5) is 0 Å². The van der Waals surface area contributed by atoms with Gasteiger partial charge in [0.15, 0.2) is 5.78 Å². The summed E-state index contributed by atoms with van der Waals surface area (Å²) in [6.07, 6.45) is 2.39. The number of nitrogens with one attached hydrogen (secondary N) is 1. The van der Waals surface area contributed by atoms with Gasteiger partial charge in [-0.05, 0) is 32.2 Å². The number of carbonyl (C=O) groups excluding carboxylic acids is 2. The molecule has 4 nitrogen and oxygen atoms in total. The number of ketones is 1. The van der Waals surface area contributed by atoms with Gasteiger partial charge in [-0.1, -0.05) is 20.8 Å². The quantitative estimate of drug-likeness (QED) is 0.727. The number of carbonyl (C=O) groups is 2. The fraction of sp³-hybridized carbons (Fsp3) is 0.846. The van der Waals surface area contributed by atoms with Crippen LogP contribution in [-0.2, 0) is 9.59 Å². The van der Waals surface area contributed by atoms with E-state index >= 15 is 0 Å². The minimum absolute atomic E-state index is 0.0304. The van der Waals surface area contributed by atoms with Gasteiger partial charge in [0.1, 0.15) is 0 Å². The number of likely N-dealkylation sites (N-methyl/N-ethyl adjacent to an activating group) is 1. The minimum Gasteiger partial charge on any atom is -0.345 e. The lowest BCUT2D eigenvalue weighted by atomic mass is 10.0. The smallest absolute Gasteiger partial charge is 0.234 e. The van der Waals surface area contributed by atoms with E-state index in [1.165, 1.54) is 19.8 Å². The largest absolute Gasteiger partial charge is 0.345 e. The van der Waals surface area contributed by atoms with E-state index in [1.54, 1.807) is 0 Å². The van der Waals surface area contributed by atoms with Gasteiger partial charge < -0.3 is 5.32 Å². The van der Waals surface area contributed by atoms with Crippen LogP contribution in [0, 0.1) is 5.92 Å². The summed E-state index contributed by atoms with van der Waals surface area (Å²) >= 11 is 0. The molecule has 0 heterocycles. The highest BCUT2D eigenvalue weighted by Crippen LogP contribution is 2.25. The normalized spacial score (nSPS) is 17.3. The average Bonchev–Trinajstić information content (AvgIpc) is 3.05. The number of hydrogen-bond acceptors (Lipinski definition) is 3. The summed E-state index contributed by atoms with van der Waals surface area (Å²) in [5.41, 5.74) is 0. The third kappa shape index (κ3) is 4.46. The first-order valence-electron chi connectivity index (χ1n) is 6.49. The number of hydrogen-bond donors (Lipinski definition) is 1. The first kappa shape index (κ1) is 14.2. The van der Waals surface area contributed by atoms with Crippen LogP contribution in [0.5, 0.6) is 0 Å². The van der Waals surface area contributed by atoms with Crippen molar-refractivity contribution in [2.75, 3.05) is 13.1 Å². The van der Waals surface area contributed by atoms with Crippen LogP contribution in [0.25, 0.3) is 0 Å². The van der Waals surface area contributed by atoms with Crippen molar-refractivity contribution in [1.82, 2.24) is 10.2 Å². The van der Waals surface area contributed by atoms with E-state index in [9.17, 15) is 9.59 Å². The maximum absolute atomic E-state index is 11.9. The van der Waals surface area contributed by atoms with Crippen molar-refractivity contribution >= 4 is 11.7 Å². The molecule has 0 radical (unpaired) electrons. The molecule has 0 saturated heterocycles. The molecule has 1 unspecified atom stereocenters. The van der Waals surface area contributed by atoms with Crippen LogP contribution in [-0.4, -0.2) is 41.8 Å². The van der Waals surface area contributed by atoms with E-state index in [0.29, 0.717) is 12.6 Å². The molecule has 1 saturated carbocycles. The third-order valence-corrected chi connectivity index (χ3v) is 3.24. The van der Waals surface area contributed by atoms with Gasteiger partial charge >= 0.3 is 0 Å². The summed E-state index contributed by atoms with van der Waals surface area (Å²) in [6, 6.07) is 0.237. The van der Waals surface area contributed by atoms with Gasteiger partial charge in [-0.3, -0.25) is 14.5 Å². The second-order valence-corrected chi connectivity index (χ2v) is 5.19. The third-order valence-electron chi connectivity index (χ3n) is 3.24. The Bertz CT molecular complexity index is 285. The van der Waals surface area contributed by atoms with Crippen molar-refractivity contribution in [1.29, 1.82) is 0 Å². The first-order chi connectivity index (χ1) is 7.95. The van der Waals surface area contributed by atoms with E-state index in [0.717, 1.165) is 6.54 Å². The molecule has 17 heavy (non-hydrogen) atoms. The highest BCUT2D eigenvalue weighted by atomic mass is 16.2. The maximum atomic E-state index is 11.9. The van der Waals surface area contributed by atoms with Crippen LogP contribution in [0.2, 0.25) is 0 Å². The Labute approximate surface area is 104 Å².